The largest absolute Gasteiger partial charge is 0.347 e. The zero-order chi connectivity index (χ0) is 21.9. The third-order valence-corrected chi connectivity index (χ3v) is 6.06. The van der Waals surface area contributed by atoms with Crippen molar-refractivity contribution < 1.29 is 13.2 Å². The van der Waals surface area contributed by atoms with Crippen LogP contribution >= 0.6 is 11.6 Å². The maximum atomic E-state index is 12.6. The number of hydrogen-bond acceptors (Lipinski definition) is 5. The van der Waals surface area contributed by atoms with Crippen LogP contribution in [0.2, 0.25) is 5.02 Å². The van der Waals surface area contributed by atoms with Gasteiger partial charge in [-0.15, -0.1) is 0 Å². The first-order valence-electron chi connectivity index (χ1n) is 9.16. The molecule has 30 heavy (non-hydrogen) atoms. The van der Waals surface area contributed by atoms with Crippen LogP contribution < -0.4 is 10.0 Å². The van der Waals surface area contributed by atoms with Crippen LogP contribution in [0.1, 0.15) is 33.0 Å². The number of aromatic nitrogens is 3. The average molecular weight is 448 g/mol. The second-order valence-corrected chi connectivity index (χ2v) is 9.13. The van der Waals surface area contributed by atoms with Gasteiger partial charge in [-0.05, 0) is 50.2 Å². The summed E-state index contributed by atoms with van der Waals surface area (Å²) >= 11 is 6.19. The van der Waals surface area contributed by atoms with Crippen molar-refractivity contribution >= 4 is 27.5 Å². The lowest BCUT2D eigenvalue weighted by Gasteiger charge is -2.10. The molecule has 2 aromatic heterocycles. The van der Waals surface area contributed by atoms with Crippen LogP contribution in [-0.4, -0.2) is 36.1 Å². The van der Waals surface area contributed by atoms with Gasteiger partial charge in [0.15, 0.2) is 5.82 Å². The molecule has 0 spiro atoms. The molecule has 0 saturated carbocycles. The van der Waals surface area contributed by atoms with Gasteiger partial charge in [0.25, 0.3) is 5.91 Å². The molecule has 0 radical (unpaired) electrons. The minimum Gasteiger partial charge on any atom is -0.347 e. The van der Waals surface area contributed by atoms with Crippen molar-refractivity contribution in [2.45, 2.75) is 26.1 Å². The molecule has 158 valence electrons. The Morgan fingerprint density at radius 2 is 1.77 bits per heavy atom. The predicted molar refractivity (Wildman–Crippen MR) is 115 cm³/mol. The van der Waals surface area contributed by atoms with Crippen LogP contribution in [0, 0.1) is 13.8 Å². The van der Waals surface area contributed by atoms with Crippen molar-refractivity contribution in [2.24, 2.45) is 0 Å². The van der Waals surface area contributed by atoms with Gasteiger partial charge in [-0.25, -0.2) is 22.8 Å². The normalized spacial score (nSPS) is 11.5. The number of pyridine rings is 1. The van der Waals surface area contributed by atoms with E-state index in [0.29, 0.717) is 11.4 Å². The van der Waals surface area contributed by atoms with E-state index in [1.54, 1.807) is 41.1 Å². The van der Waals surface area contributed by atoms with Crippen molar-refractivity contribution in [3.63, 3.8) is 0 Å². The first kappa shape index (κ1) is 21.9. The molecule has 2 heterocycles. The monoisotopic (exact) mass is 447 g/mol. The molecule has 1 aromatic carbocycles. The Morgan fingerprint density at radius 1 is 1.10 bits per heavy atom. The Kier molecular flexibility index (Phi) is 6.55. The third kappa shape index (κ3) is 5.24. The van der Waals surface area contributed by atoms with Gasteiger partial charge in [0.1, 0.15) is 5.69 Å². The number of sulfonamides is 1. The van der Waals surface area contributed by atoms with E-state index in [2.05, 4.69) is 20.1 Å². The summed E-state index contributed by atoms with van der Waals surface area (Å²) in [5, 5.41) is 7.40. The predicted octanol–water partition coefficient (Wildman–Crippen LogP) is 2.52. The summed E-state index contributed by atoms with van der Waals surface area (Å²) in [4.78, 5) is 17.0. The fraction of sp³-hybridized carbons (Fsp3) is 0.250. The average Bonchev–Trinajstić information content (AvgIpc) is 3.05. The van der Waals surface area contributed by atoms with Crippen LogP contribution in [0.25, 0.3) is 5.82 Å². The molecule has 0 fully saturated rings. The number of benzene rings is 1. The van der Waals surface area contributed by atoms with Gasteiger partial charge in [0.05, 0.1) is 16.5 Å². The molecule has 0 aliphatic carbocycles. The summed E-state index contributed by atoms with van der Waals surface area (Å²) < 4.78 is 27.2. The van der Waals surface area contributed by atoms with Crippen molar-refractivity contribution in [1.82, 2.24) is 24.8 Å². The lowest BCUT2D eigenvalue weighted by atomic mass is 10.1. The van der Waals surface area contributed by atoms with Crippen molar-refractivity contribution in [1.29, 1.82) is 0 Å². The fourth-order valence-electron chi connectivity index (χ4n) is 2.88. The van der Waals surface area contributed by atoms with Crippen LogP contribution in [0.5, 0.6) is 0 Å². The Morgan fingerprint density at radius 3 is 2.37 bits per heavy atom. The number of rotatable bonds is 7. The van der Waals surface area contributed by atoms with E-state index < -0.39 is 15.9 Å². The van der Waals surface area contributed by atoms with Crippen LogP contribution in [0.4, 0.5) is 0 Å². The highest BCUT2D eigenvalue weighted by Gasteiger charge is 2.15. The Balaban J connectivity index is 1.70. The molecule has 1 amide bonds. The van der Waals surface area contributed by atoms with Gasteiger partial charge >= 0.3 is 0 Å². The first-order chi connectivity index (χ1) is 14.2. The van der Waals surface area contributed by atoms with E-state index in [4.69, 9.17) is 11.6 Å². The first-order valence-corrected chi connectivity index (χ1v) is 11.2. The highest BCUT2D eigenvalue weighted by molar-refractivity contribution is 7.88. The van der Waals surface area contributed by atoms with Crippen molar-refractivity contribution in [3.8, 4) is 5.82 Å². The molecular weight excluding hydrogens is 426 g/mol. The summed E-state index contributed by atoms with van der Waals surface area (Å²) in [6.45, 7) is 4.04. The molecular formula is C20H22ClN5O3S. The summed E-state index contributed by atoms with van der Waals surface area (Å²) in [5.41, 5.74) is 3.33. The van der Waals surface area contributed by atoms with Gasteiger partial charge in [-0.2, -0.15) is 5.10 Å². The van der Waals surface area contributed by atoms with E-state index >= 15 is 0 Å². The lowest BCUT2D eigenvalue weighted by Crippen LogP contribution is -2.25. The van der Waals surface area contributed by atoms with E-state index in [-0.39, 0.29) is 23.0 Å². The number of halogens is 1. The Bertz CT molecular complexity index is 1170. The summed E-state index contributed by atoms with van der Waals surface area (Å²) in [6.07, 6.45) is 0. The second-order valence-electron chi connectivity index (χ2n) is 6.80. The smallest absolute Gasteiger partial charge is 0.271 e. The number of amides is 1. The molecule has 8 nitrogen and oxygen atoms in total. The van der Waals surface area contributed by atoms with E-state index in [1.807, 2.05) is 19.9 Å². The SMILES string of the molecule is CNS(=O)(=O)Cc1ccc(CNC(=O)c2nc(-n3nc(C)cc3C)ccc2Cl)cc1. The maximum Gasteiger partial charge on any atom is 0.271 e. The molecule has 0 aliphatic heterocycles. The van der Waals surface area contributed by atoms with Crippen LogP contribution in [0.3, 0.4) is 0 Å². The third-order valence-electron chi connectivity index (χ3n) is 4.42. The molecule has 3 rings (SSSR count). The zero-order valence-electron chi connectivity index (χ0n) is 16.8. The number of carbonyl (C=O) groups is 1. The zero-order valence-corrected chi connectivity index (χ0v) is 18.4. The van der Waals surface area contributed by atoms with Gasteiger partial charge in [0.2, 0.25) is 10.0 Å². The Labute approximate surface area is 180 Å². The topological polar surface area (TPSA) is 106 Å². The molecule has 0 aliphatic rings. The van der Waals surface area contributed by atoms with Crippen molar-refractivity contribution in [3.05, 3.63) is 75.7 Å². The molecule has 0 bridgehead atoms. The fourth-order valence-corrected chi connectivity index (χ4v) is 3.85. The van der Waals surface area contributed by atoms with Crippen LogP contribution in [-0.2, 0) is 22.3 Å². The number of carbonyl (C=O) groups excluding carboxylic acids is 1. The summed E-state index contributed by atoms with van der Waals surface area (Å²) in [6, 6.07) is 12.2. The van der Waals surface area contributed by atoms with Gasteiger partial charge in [-0.3, -0.25) is 4.79 Å². The molecule has 2 N–H and O–H groups in total. The standard InChI is InChI=1S/C20H22ClN5O3S/c1-13-10-14(2)26(25-13)18-9-8-17(21)19(24-18)20(27)23-11-15-4-6-16(7-5-15)12-30(28,29)22-3/h4-10,22H,11-12H2,1-3H3,(H,23,27). The summed E-state index contributed by atoms with van der Waals surface area (Å²) in [5.74, 6) is -0.00938. The maximum absolute atomic E-state index is 12.6. The number of hydrogen-bond donors (Lipinski definition) is 2. The minimum absolute atomic E-state index is 0.102. The number of nitrogens with one attached hydrogen (secondary N) is 2. The summed E-state index contributed by atoms with van der Waals surface area (Å²) in [7, 11) is -1.95. The van der Waals surface area contributed by atoms with Gasteiger partial charge < -0.3 is 5.32 Å². The van der Waals surface area contributed by atoms with E-state index in [0.717, 1.165) is 17.0 Å². The lowest BCUT2D eigenvalue weighted by molar-refractivity contribution is 0.0946. The highest BCUT2D eigenvalue weighted by atomic mass is 35.5. The van der Waals surface area contributed by atoms with Crippen molar-refractivity contribution in [2.75, 3.05) is 7.05 Å². The molecule has 3 aromatic rings. The highest BCUT2D eigenvalue weighted by Crippen LogP contribution is 2.18. The molecule has 0 saturated heterocycles. The van der Waals surface area contributed by atoms with Gasteiger partial charge in [-0.1, -0.05) is 35.9 Å². The Hall–Kier alpha value is -2.75. The number of aryl methyl sites for hydroxylation is 2. The second kappa shape index (κ2) is 8.95. The molecule has 0 unspecified atom stereocenters. The van der Waals surface area contributed by atoms with E-state index in [9.17, 15) is 13.2 Å². The molecule has 0 atom stereocenters. The van der Waals surface area contributed by atoms with E-state index in [1.165, 1.54) is 7.05 Å². The molecule has 10 heteroatoms. The minimum atomic E-state index is -3.33. The quantitative estimate of drug-likeness (QED) is 0.578. The van der Waals surface area contributed by atoms with Crippen LogP contribution in [0.15, 0.2) is 42.5 Å². The van der Waals surface area contributed by atoms with Gasteiger partial charge in [0, 0.05) is 12.2 Å². The number of nitrogens with zero attached hydrogens (tertiary/aromatic N) is 3.